The minimum atomic E-state index is 0.295. The van der Waals surface area contributed by atoms with Crippen LogP contribution in [0.15, 0.2) is 42.5 Å². The molecule has 1 atom stereocenters. The van der Waals surface area contributed by atoms with E-state index in [4.69, 9.17) is 23.2 Å². The third kappa shape index (κ3) is 4.55. The van der Waals surface area contributed by atoms with Crippen molar-refractivity contribution < 1.29 is 0 Å². The van der Waals surface area contributed by atoms with Crippen LogP contribution < -0.4 is 10.2 Å². The molecule has 0 spiro atoms. The van der Waals surface area contributed by atoms with Gasteiger partial charge in [-0.2, -0.15) is 0 Å². The van der Waals surface area contributed by atoms with E-state index in [2.05, 4.69) is 29.3 Å². The highest BCUT2D eigenvalue weighted by Gasteiger charge is 2.09. The van der Waals surface area contributed by atoms with Crippen molar-refractivity contribution in [3.8, 4) is 0 Å². The molecule has 0 heterocycles. The summed E-state index contributed by atoms with van der Waals surface area (Å²) in [5.74, 6) is 0. The van der Waals surface area contributed by atoms with Gasteiger partial charge in [0.15, 0.2) is 0 Å². The second-order valence-corrected chi connectivity index (χ2v) is 6.30. The third-order valence-corrected chi connectivity index (χ3v) is 3.78. The molecule has 0 aliphatic carbocycles. The van der Waals surface area contributed by atoms with Gasteiger partial charge in [-0.15, -0.1) is 0 Å². The molecule has 0 aromatic heterocycles. The Morgan fingerprint density at radius 1 is 1.00 bits per heavy atom. The molecule has 0 saturated heterocycles. The van der Waals surface area contributed by atoms with Crippen LogP contribution >= 0.6 is 23.2 Å². The van der Waals surface area contributed by atoms with Gasteiger partial charge in [0.05, 0.1) is 11.4 Å². The van der Waals surface area contributed by atoms with Gasteiger partial charge in [0.2, 0.25) is 0 Å². The van der Waals surface area contributed by atoms with Gasteiger partial charge < -0.3 is 10.2 Å². The van der Waals surface area contributed by atoms with Crippen molar-refractivity contribution in [2.75, 3.05) is 24.3 Å². The molecule has 0 saturated carbocycles. The van der Waals surface area contributed by atoms with Crippen LogP contribution in [0.4, 0.5) is 11.4 Å². The van der Waals surface area contributed by atoms with E-state index < -0.39 is 0 Å². The molecule has 2 nitrogen and oxygen atoms in total. The number of hydrogen-bond donors (Lipinski definition) is 1. The van der Waals surface area contributed by atoms with Gasteiger partial charge in [0.1, 0.15) is 0 Å². The van der Waals surface area contributed by atoms with Crippen LogP contribution in [-0.2, 0) is 6.42 Å². The molecule has 21 heavy (non-hydrogen) atoms. The van der Waals surface area contributed by atoms with Gasteiger partial charge in [-0.05, 0) is 49.2 Å². The highest BCUT2D eigenvalue weighted by atomic mass is 35.5. The Balaban J connectivity index is 2.10. The first-order valence-corrected chi connectivity index (χ1v) is 7.69. The minimum Gasteiger partial charge on any atom is -0.381 e. The molecule has 1 N–H and O–H groups in total. The summed E-state index contributed by atoms with van der Waals surface area (Å²) in [6, 6.07) is 14.2. The Kier molecular flexibility index (Phi) is 5.38. The lowest BCUT2D eigenvalue weighted by atomic mass is 10.1. The highest BCUT2D eigenvalue weighted by Crippen LogP contribution is 2.28. The number of hydrogen-bond acceptors (Lipinski definition) is 2. The number of halogens is 2. The zero-order valence-electron chi connectivity index (χ0n) is 12.5. The van der Waals surface area contributed by atoms with Crippen LogP contribution in [0.3, 0.4) is 0 Å². The standard InChI is InChI=1S/C17H20Cl2N2/c1-12(10-13-4-6-14(18)7-5-13)20-16-11-15(19)8-9-17(16)21(2)3/h4-9,11-12,20H,10H2,1-3H3. The SMILES string of the molecule is CC(Cc1ccc(Cl)cc1)Nc1cc(Cl)ccc1N(C)C. The smallest absolute Gasteiger partial charge is 0.0597 e. The number of benzene rings is 2. The van der Waals surface area contributed by atoms with Crippen molar-refractivity contribution >= 4 is 34.6 Å². The number of anilines is 2. The van der Waals surface area contributed by atoms with Crippen molar-refractivity contribution in [2.24, 2.45) is 0 Å². The molecule has 0 aliphatic heterocycles. The van der Waals surface area contributed by atoms with Gasteiger partial charge in [-0.3, -0.25) is 0 Å². The maximum Gasteiger partial charge on any atom is 0.0597 e. The lowest BCUT2D eigenvalue weighted by molar-refractivity contribution is 0.790. The first-order chi connectivity index (χ1) is 9.95. The third-order valence-electron chi connectivity index (χ3n) is 3.30. The van der Waals surface area contributed by atoms with Gasteiger partial charge in [-0.1, -0.05) is 35.3 Å². The summed E-state index contributed by atoms with van der Waals surface area (Å²) in [5, 5.41) is 5.04. The van der Waals surface area contributed by atoms with Gasteiger partial charge in [0, 0.05) is 30.2 Å². The van der Waals surface area contributed by atoms with Crippen molar-refractivity contribution in [1.29, 1.82) is 0 Å². The second-order valence-electron chi connectivity index (χ2n) is 5.43. The Morgan fingerprint density at radius 3 is 2.24 bits per heavy atom. The molecule has 112 valence electrons. The van der Waals surface area contributed by atoms with Crippen molar-refractivity contribution in [1.82, 2.24) is 0 Å². The van der Waals surface area contributed by atoms with E-state index in [0.29, 0.717) is 6.04 Å². The molecule has 2 aromatic rings. The lowest BCUT2D eigenvalue weighted by Crippen LogP contribution is -2.20. The van der Waals surface area contributed by atoms with Gasteiger partial charge in [0.25, 0.3) is 0 Å². The number of rotatable bonds is 5. The molecule has 0 radical (unpaired) electrons. The molecule has 1 unspecified atom stereocenters. The molecule has 0 aliphatic rings. The van der Waals surface area contributed by atoms with E-state index in [0.717, 1.165) is 27.8 Å². The summed E-state index contributed by atoms with van der Waals surface area (Å²) in [5.41, 5.74) is 3.43. The van der Waals surface area contributed by atoms with E-state index in [9.17, 15) is 0 Å². The Morgan fingerprint density at radius 2 is 1.62 bits per heavy atom. The fraction of sp³-hybridized carbons (Fsp3) is 0.294. The Bertz CT molecular complexity index is 594. The zero-order chi connectivity index (χ0) is 15.4. The van der Waals surface area contributed by atoms with Crippen molar-refractivity contribution in [3.05, 3.63) is 58.1 Å². The molecule has 4 heteroatoms. The molecule has 0 bridgehead atoms. The Hall–Kier alpha value is -1.38. The highest BCUT2D eigenvalue weighted by molar-refractivity contribution is 6.31. The average molecular weight is 323 g/mol. The largest absolute Gasteiger partial charge is 0.381 e. The zero-order valence-corrected chi connectivity index (χ0v) is 14.0. The maximum absolute atomic E-state index is 6.11. The lowest BCUT2D eigenvalue weighted by Gasteiger charge is -2.22. The van der Waals surface area contributed by atoms with Crippen LogP contribution in [-0.4, -0.2) is 20.1 Å². The summed E-state index contributed by atoms with van der Waals surface area (Å²) in [6.07, 6.45) is 0.927. The predicted octanol–water partition coefficient (Wildman–Crippen LogP) is 5.10. The van der Waals surface area contributed by atoms with Crippen LogP contribution in [0.5, 0.6) is 0 Å². The summed E-state index contributed by atoms with van der Waals surface area (Å²) >= 11 is 12.0. The van der Waals surface area contributed by atoms with E-state index in [-0.39, 0.29) is 0 Å². The molecular formula is C17H20Cl2N2. The summed E-state index contributed by atoms with van der Waals surface area (Å²) < 4.78 is 0. The molecule has 0 amide bonds. The fourth-order valence-electron chi connectivity index (χ4n) is 2.30. The van der Waals surface area contributed by atoms with E-state index in [1.807, 2.05) is 44.4 Å². The molecule has 0 fully saturated rings. The summed E-state index contributed by atoms with van der Waals surface area (Å²) in [6.45, 7) is 2.16. The van der Waals surface area contributed by atoms with E-state index in [1.165, 1.54) is 5.56 Å². The normalized spacial score (nSPS) is 12.0. The number of nitrogens with one attached hydrogen (secondary N) is 1. The first-order valence-electron chi connectivity index (χ1n) is 6.93. The monoisotopic (exact) mass is 322 g/mol. The number of nitrogens with zero attached hydrogens (tertiary/aromatic N) is 1. The van der Waals surface area contributed by atoms with Crippen molar-refractivity contribution in [2.45, 2.75) is 19.4 Å². The predicted molar refractivity (Wildman–Crippen MR) is 94.0 cm³/mol. The quantitative estimate of drug-likeness (QED) is 0.823. The van der Waals surface area contributed by atoms with Crippen molar-refractivity contribution in [3.63, 3.8) is 0 Å². The summed E-state index contributed by atoms with van der Waals surface area (Å²) in [4.78, 5) is 2.08. The van der Waals surface area contributed by atoms with Gasteiger partial charge in [-0.25, -0.2) is 0 Å². The molecule has 2 rings (SSSR count). The van der Waals surface area contributed by atoms with Crippen LogP contribution in [0.25, 0.3) is 0 Å². The fourth-order valence-corrected chi connectivity index (χ4v) is 2.60. The van der Waals surface area contributed by atoms with E-state index in [1.54, 1.807) is 0 Å². The summed E-state index contributed by atoms with van der Waals surface area (Å²) in [7, 11) is 4.05. The molecular weight excluding hydrogens is 303 g/mol. The Labute approximate surface area is 136 Å². The van der Waals surface area contributed by atoms with Crippen LogP contribution in [0.1, 0.15) is 12.5 Å². The topological polar surface area (TPSA) is 15.3 Å². The minimum absolute atomic E-state index is 0.295. The first kappa shape index (κ1) is 16.0. The second kappa shape index (κ2) is 7.06. The van der Waals surface area contributed by atoms with E-state index >= 15 is 0 Å². The van der Waals surface area contributed by atoms with Gasteiger partial charge >= 0.3 is 0 Å². The molecule has 2 aromatic carbocycles. The van der Waals surface area contributed by atoms with Crippen LogP contribution in [0, 0.1) is 0 Å². The maximum atomic E-state index is 6.11. The van der Waals surface area contributed by atoms with Crippen LogP contribution in [0.2, 0.25) is 10.0 Å². The average Bonchev–Trinajstić information content (AvgIpc) is 2.41.